The van der Waals surface area contributed by atoms with Crippen molar-refractivity contribution in [3.8, 4) is 0 Å². The van der Waals surface area contributed by atoms with E-state index in [-0.39, 0.29) is 0 Å². The largest absolute Gasteiger partial charge is 0.351 e. The van der Waals surface area contributed by atoms with Crippen molar-refractivity contribution in [1.29, 1.82) is 0 Å². The van der Waals surface area contributed by atoms with E-state index in [1.807, 2.05) is 0 Å². The molecule has 19 heavy (non-hydrogen) atoms. The Balaban J connectivity index is 1.88. The molecular weight excluding hydrogens is 236 g/mol. The van der Waals surface area contributed by atoms with Gasteiger partial charge in [0.15, 0.2) is 5.82 Å². The summed E-state index contributed by atoms with van der Waals surface area (Å²) in [5, 5.41) is 12.0. The van der Waals surface area contributed by atoms with E-state index < -0.39 is 0 Å². The van der Waals surface area contributed by atoms with E-state index >= 15 is 0 Å². The van der Waals surface area contributed by atoms with Gasteiger partial charge in [0.2, 0.25) is 0 Å². The van der Waals surface area contributed by atoms with Crippen LogP contribution in [0.4, 0.5) is 5.82 Å². The van der Waals surface area contributed by atoms with E-state index in [1.165, 1.54) is 5.57 Å². The molecule has 1 aliphatic rings. The van der Waals surface area contributed by atoms with Gasteiger partial charge >= 0.3 is 0 Å². The van der Waals surface area contributed by atoms with Crippen molar-refractivity contribution in [1.82, 2.24) is 15.5 Å². The molecular formula is C15H24N4. The van der Waals surface area contributed by atoms with E-state index in [2.05, 4.69) is 59.4 Å². The number of nitrogens with zero attached hydrogens (tertiary/aromatic N) is 3. The highest BCUT2D eigenvalue weighted by atomic mass is 15.3. The van der Waals surface area contributed by atoms with Crippen molar-refractivity contribution in [2.24, 2.45) is 5.92 Å². The fourth-order valence-electron chi connectivity index (χ4n) is 2.08. The number of nitrogens with one attached hydrogen (secondary N) is 1. The third-order valence-electron chi connectivity index (χ3n) is 3.32. The average molecular weight is 260 g/mol. The molecule has 0 bridgehead atoms. The van der Waals surface area contributed by atoms with Crippen molar-refractivity contribution in [3.63, 3.8) is 0 Å². The topological polar surface area (TPSA) is 41.0 Å². The quantitative estimate of drug-likeness (QED) is 0.825. The molecule has 0 fully saturated rings. The Morgan fingerprint density at radius 1 is 1.32 bits per heavy atom. The molecule has 0 aromatic carbocycles. The van der Waals surface area contributed by atoms with E-state index in [0.29, 0.717) is 5.92 Å². The summed E-state index contributed by atoms with van der Waals surface area (Å²) in [7, 11) is 0. The van der Waals surface area contributed by atoms with Crippen LogP contribution in [0.25, 0.3) is 0 Å². The van der Waals surface area contributed by atoms with Crippen LogP contribution in [0.2, 0.25) is 0 Å². The van der Waals surface area contributed by atoms with Gasteiger partial charge in [0, 0.05) is 19.6 Å². The zero-order valence-corrected chi connectivity index (χ0v) is 12.2. The predicted octanol–water partition coefficient (Wildman–Crippen LogP) is 2.38. The van der Waals surface area contributed by atoms with Gasteiger partial charge in [-0.2, -0.15) is 5.10 Å². The Morgan fingerprint density at radius 3 is 2.74 bits per heavy atom. The second kappa shape index (κ2) is 6.66. The Hall–Kier alpha value is -1.42. The van der Waals surface area contributed by atoms with Crippen molar-refractivity contribution < 1.29 is 0 Å². The van der Waals surface area contributed by atoms with Gasteiger partial charge in [-0.25, -0.2) is 0 Å². The van der Waals surface area contributed by atoms with Crippen LogP contribution in [0.15, 0.2) is 23.8 Å². The number of rotatable bonds is 5. The van der Waals surface area contributed by atoms with Crippen LogP contribution < -0.4 is 10.2 Å². The summed E-state index contributed by atoms with van der Waals surface area (Å²) in [5.74, 6) is 1.65. The molecule has 2 heterocycles. The zero-order chi connectivity index (χ0) is 13.7. The Labute approximate surface area is 115 Å². The van der Waals surface area contributed by atoms with Crippen molar-refractivity contribution >= 4 is 5.82 Å². The van der Waals surface area contributed by atoms with E-state index in [1.54, 1.807) is 0 Å². The lowest BCUT2D eigenvalue weighted by molar-refractivity contribution is 0.546. The molecule has 0 unspecified atom stereocenters. The summed E-state index contributed by atoms with van der Waals surface area (Å²) < 4.78 is 0. The Morgan fingerprint density at radius 2 is 2.16 bits per heavy atom. The lowest BCUT2D eigenvalue weighted by atomic mass is 10.1. The highest BCUT2D eigenvalue weighted by Gasteiger charge is 2.11. The molecule has 4 heteroatoms. The zero-order valence-electron chi connectivity index (χ0n) is 12.2. The van der Waals surface area contributed by atoms with Crippen LogP contribution in [0.3, 0.4) is 0 Å². The molecule has 0 spiro atoms. The smallest absolute Gasteiger partial charge is 0.151 e. The summed E-state index contributed by atoms with van der Waals surface area (Å²) in [4.78, 5) is 2.27. The number of hydrogen-bond acceptors (Lipinski definition) is 4. The molecule has 1 aliphatic heterocycles. The summed E-state index contributed by atoms with van der Waals surface area (Å²) >= 11 is 0. The molecule has 1 N–H and O–H groups in total. The van der Waals surface area contributed by atoms with Gasteiger partial charge in [-0.3, -0.25) is 0 Å². The maximum Gasteiger partial charge on any atom is 0.151 e. The molecule has 0 radical (unpaired) electrons. The van der Waals surface area contributed by atoms with Gasteiger partial charge in [-0.15, -0.1) is 5.10 Å². The maximum atomic E-state index is 4.33. The highest BCUT2D eigenvalue weighted by molar-refractivity contribution is 5.40. The third kappa shape index (κ3) is 4.31. The maximum absolute atomic E-state index is 4.33. The SMILES string of the molecule is CC1=CCN(c2ccc(CNCC(C)C)nn2)CC1. The molecule has 0 amide bonds. The van der Waals surface area contributed by atoms with Crippen LogP contribution >= 0.6 is 0 Å². The molecule has 2 rings (SSSR count). The third-order valence-corrected chi connectivity index (χ3v) is 3.32. The van der Waals surface area contributed by atoms with Crippen LogP contribution in [0.1, 0.15) is 32.9 Å². The molecule has 0 saturated carbocycles. The number of anilines is 1. The lowest BCUT2D eigenvalue weighted by Crippen LogP contribution is -2.29. The second-order valence-corrected chi connectivity index (χ2v) is 5.65. The van der Waals surface area contributed by atoms with Crippen LogP contribution in [0, 0.1) is 5.92 Å². The number of aromatic nitrogens is 2. The van der Waals surface area contributed by atoms with E-state index in [0.717, 1.165) is 44.1 Å². The Kier molecular flexibility index (Phi) is 4.91. The lowest BCUT2D eigenvalue weighted by Gasteiger charge is -2.25. The minimum Gasteiger partial charge on any atom is -0.351 e. The fourth-order valence-corrected chi connectivity index (χ4v) is 2.08. The first-order valence-electron chi connectivity index (χ1n) is 7.09. The molecule has 1 aromatic heterocycles. The van der Waals surface area contributed by atoms with E-state index in [9.17, 15) is 0 Å². The monoisotopic (exact) mass is 260 g/mol. The second-order valence-electron chi connectivity index (χ2n) is 5.65. The Bertz CT molecular complexity index is 422. The summed E-state index contributed by atoms with van der Waals surface area (Å²) in [6.45, 7) is 10.4. The average Bonchev–Trinajstić information content (AvgIpc) is 2.40. The molecule has 1 aromatic rings. The van der Waals surface area contributed by atoms with Gasteiger partial charge < -0.3 is 10.2 Å². The van der Waals surface area contributed by atoms with Gasteiger partial charge in [-0.1, -0.05) is 25.5 Å². The molecule has 4 nitrogen and oxygen atoms in total. The fraction of sp³-hybridized carbons (Fsp3) is 0.600. The van der Waals surface area contributed by atoms with Crippen LogP contribution in [-0.4, -0.2) is 29.8 Å². The van der Waals surface area contributed by atoms with Crippen molar-refractivity contribution in [2.75, 3.05) is 24.5 Å². The molecule has 0 atom stereocenters. The summed E-state index contributed by atoms with van der Waals surface area (Å²) in [6, 6.07) is 4.15. The molecule has 0 saturated heterocycles. The summed E-state index contributed by atoms with van der Waals surface area (Å²) in [5.41, 5.74) is 2.48. The van der Waals surface area contributed by atoms with Gasteiger partial charge in [-0.05, 0) is 37.9 Å². The normalized spacial score (nSPS) is 15.8. The first-order chi connectivity index (χ1) is 9.15. The van der Waals surface area contributed by atoms with Crippen LogP contribution in [0.5, 0.6) is 0 Å². The van der Waals surface area contributed by atoms with Crippen LogP contribution in [-0.2, 0) is 6.54 Å². The first-order valence-corrected chi connectivity index (χ1v) is 7.09. The summed E-state index contributed by atoms with van der Waals surface area (Å²) in [6.07, 6.45) is 3.39. The molecule has 0 aliphatic carbocycles. The highest BCUT2D eigenvalue weighted by Crippen LogP contribution is 2.16. The van der Waals surface area contributed by atoms with Crippen molar-refractivity contribution in [2.45, 2.75) is 33.7 Å². The van der Waals surface area contributed by atoms with Crippen molar-refractivity contribution in [3.05, 3.63) is 29.5 Å². The minimum absolute atomic E-state index is 0.663. The van der Waals surface area contributed by atoms with Gasteiger partial charge in [0.1, 0.15) is 0 Å². The standard InChI is InChI=1S/C15H24N4/c1-12(2)10-16-11-14-4-5-15(18-17-14)19-8-6-13(3)7-9-19/h4-6,12,16H,7-11H2,1-3H3. The minimum atomic E-state index is 0.663. The van der Waals surface area contributed by atoms with E-state index in [4.69, 9.17) is 0 Å². The first kappa shape index (κ1) is 14.0. The van der Waals surface area contributed by atoms with Gasteiger partial charge in [0.25, 0.3) is 0 Å². The van der Waals surface area contributed by atoms with Gasteiger partial charge in [0.05, 0.1) is 5.69 Å². The predicted molar refractivity (Wildman–Crippen MR) is 79.2 cm³/mol. The number of hydrogen-bond donors (Lipinski definition) is 1. The molecule has 104 valence electrons.